The van der Waals surface area contributed by atoms with Gasteiger partial charge in [-0.05, 0) is 93.0 Å². The number of hydrogen-bond donors (Lipinski definition) is 0. The van der Waals surface area contributed by atoms with Gasteiger partial charge < -0.3 is 13.6 Å². The Kier molecular flexibility index (Phi) is 6.61. The van der Waals surface area contributed by atoms with Gasteiger partial charge in [0.2, 0.25) is 0 Å². The van der Waals surface area contributed by atoms with Crippen molar-refractivity contribution in [3.63, 3.8) is 0 Å². The SMILES string of the molecule is c1ccc(-c2ccc(-n3c4ccccc4c4ccc5c(c43)C3(c4ccccc4-5)c4ccccc4-c4c3ccc3c5c6oc7ccccc7c6ccc5n(-c5ccccc5)c43)cc2)cc1. The van der Waals surface area contributed by atoms with E-state index in [0.29, 0.717) is 0 Å². The maximum Gasteiger partial charge on any atom is 0.145 e. The van der Waals surface area contributed by atoms with Gasteiger partial charge in [-0.3, -0.25) is 0 Å². The van der Waals surface area contributed by atoms with Crippen LogP contribution in [-0.4, -0.2) is 9.13 Å². The number of aromatic nitrogens is 2. The van der Waals surface area contributed by atoms with Gasteiger partial charge in [-0.1, -0.05) is 170 Å². The van der Waals surface area contributed by atoms with E-state index < -0.39 is 5.41 Å². The molecule has 0 saturated carbocycles. The van der Waals surface area contributed by atoms with Crippen LogP contribution in [0.3, 0.4) is 0 Å². The molecule has 1 spiro atoms. The monoisotopic (exact) mass is 812 g/mol. The average Bonchev–Trinajstić information content (AvgIpc) is 4.15. The van der Waals surface area contributed by atoms with Crippen LogP contribution in [-0.2, 0) is 5.41 Å². The van der Waals surface area contributed by atoms with Crippen molar-refractivity contribution in [2.45, 2.75) is 5.41 Å². The van der Waals surface area contributed by atoms with E-state index in [4.69, 9.17) is 4.42 Å². The van der Waals surface area contributed by atoms with Crippen molar-refractivity contribution in [3.05, 3.63) is 241 Å². The van der Waals surface area contributed by atoms with Crippen LogP contribution in [0.4, 0.5) is 0 Å². The van der Waals surface area contributed by atoms with E-state index >= 15 is 0 Å². The first-order chi connectivity index (χ1) is 31.8. The van der Waals surface area contributed by atoms with Crippen LogP contribution in [0.5, 0.6) is 0 Å². The van der Waals surface area contributed by atoms with Gasteiger partial charge in [-0.2, -0.15) is 0 Å². The standard InChI is InChI=1S/C61H36N2O/c1-3-15-37(16-4-1)38-27-29-40(30-28-38)62-52-25-13-9-20-42(52)45-32-31-44-41-19-7-11-23-49(41)61(57(44)59(45)62)50-24-12-8-22-47(50)55-51(61)35-33-48-56-53(63(58(48)55)39-17-5-2-6-18-39)36-34-46-43-21-10-14-26-54(43)64-60(46)56/h1-36H. The zero-order valence-corrected chi connectivity index (χ0v) is 34.6. The summed E-state index contributed by atoms with van der Waals surface area (Å²) < 4.78 is 11.9. The summed E-state index contributed by atoms with van der Waals surface area (Å²) in [7, 11) is 0. The van der Waals surface area contributed by atoms with E-state index in [1.807, 2.05) is 0 Å². The summed E-state index contributed by atoms with van der Waals surface area (Å²) in [4.78, 5) is 0. The summed E-state index contributed by atoms with van der Waals surface area (Å²) in [6.07, 6.45) is 0. The fraction of sp³-hybridized carbons (Fsp3) is 0.0164. The second-order valence-electron chi connectivity index (χ2n) is 17.5. The Balaban J connectivity index is 1.12. The Morgan fingerprint density at radius 2 is 0.953 bits per heavy atom. The zero-order valence-electron chi connectivity index (χ0n) is 34.6. The van der Waals surface area contributed by atoms with Crippen LogP contribution < -0.4 is 0 Å². The normalized spacial score (nSPS) is 14.9. The second-order valence-corrected chi connectivity index (χ2v) is 17.5. The van der Waals surface area contributed by atoms with E-state index in [1.165, 1.54) is 88.3 Å². The Morgan fingerprint density at radius 1 is 0.344 bits per heavy atom. The molecule has 2 aliphatic rings. The molecule has 0 saturated heterocycles. The van der Waals surface area contributed by atoms with Crippen LogP contribution in [0, 0.1) is 0 Å². The lowest BCUT2D eigenvalue weighted by Gasteiger charge is -2.31. The summed E-state index contributed by atoms with van der Waals surface area (Å²) in [5, 5.41) is 7.11. The number of hydrogen-bond acceptors (Lipinski definition) is 1. The predicted octanol–water partition coefficient (Wildman–Crippen LogP) is 15.8. The van der Waals surface area contributed by atoms with E-state index in [0.717, 1.165) is 44.2 Å². The van der Waals surface area contributed by atoms with Crippen molar-refractivity contribution in [3.8, 4) is 44.8 Å². The highest BCUT2D eigenvalue weighted by Gasteiger charge is 2.54. The molecule has 0 bridgehead atoms. The molecule has 10 aromatic carbocycles. The quantitative estimate of drug-likeness (QED) is 0.174. The minimum Gasteiger partial charge on any atom is -0.455 e. The Bertz CT molecular complexity index is 4110. The van der Waals surface area contributed by atoms with E-state index in [2.05, 4.69) is 228 Å². The van der Waals surface area contributed by atoms with Gasteiger partial charge in [0.05, 0.1) is 32.9 Å². The number of nitrogens with zero attached hydrogens (tertiary/aromatic N) is 2. The molecular weight excluding hydrogens is 777 g/mol. The summed E-state index contributed by atoms with van der Waals surface area (Å²) in [5.74, 6) is 0. The minimum atomic E-state index is -0.617. The molecular formula is C61H36N2O. The van der Waals surface area contributed by atoms with Crippen LogP contribution >= 0.6 is 0 Å². The van der Waals surface area contributed by atoms with Crippen molar-refractivity contribution in [2.24, 2.45) is 0 Å². The third-order valence-corrected chi connectivity index (χ3v) is 14.5. The fourth-order valence-electron chi connectivity index (χ4n) is 12.1. The van der Waals surface area contributed by atoms with E-state index in [9.17, 15) is 0 Å². The Morgan fingerprint density at radius 3 is 1.78 bits per heavy atom. The van der Waals surface area contributed by atoms with Crippen molar-refractivity contribution in [2.75, 3.05) is 0 Å². The molecule has 3 heteroatoms. The van der Waals surface area contributed by atoms with Gasteiger partial charge in [0.15, 0.2) is 0 Å². The highest BCUT2D eigenvalue weighted by Crippen LogP contribution is 2.66. The van der Waals surface area contributed by atoms with Crippen molar-refractivity contribution >= 4 is 65.6 Å². The summed E-state index contributed by atoms with van der Waals surface area (Å²) in [6, 6.07) is 80.7. The molecule has 0 fully saturated rings. The predicted molar refractivity (Wildman–Crippen MR) is 264 cm³/mol. The molecule has 3 nitrogen and oxygen atoms in total. The maximum absolute atomic E-state index is 6.85. The van der Waals surface area contributed by atoms with Gasteiger partial charge >= 0.3 is 0 Å². The highest BCUT2D eigenvalue weighted by atomic mass is 16.3. The third kappa shape index (κ3) is 4.17. The molecule has 15 rings (SSSR count). The number of benzene rings is 10. The second kappa shape index (κ2) is 12.4. The first-order valence-corrected chi connectivity index (χ1v) is 22.2. The lowest BCUT2D eigenvalue weighted by Crippen LogP contribution is -2.26. The first-order valence-electron chi connectivity index (χ1n) is 22.2. The van der Waals surface area contributed by atoms with Crippen LogP contribution in [0.2, 0.25) is 0 Å². The smallest absolute Gasteiger partial charge is 0.145 e. The molecule has 0 aliphatic heterocycles. The topological polar surface area (TPSA) is 23.0 Å². The number of rotatable bonds is 3. The third-order valence-electron chi connectivity index (χ3n) is 14.5. The molecule has 64 heavy (non-hydrogen) atoms. The average molecular weight is 813 g/mol. The largest absolute Gasteiger partial charge is 0.455 e. The van der Waals surface area contributed by atoms with Crippen LogP contribution in [0.15, 0.2) is 223 Å². The van der Waals surface area contributed by atoms with Gasteiger partial charge in [-0.25, -0.2) is 0 Å². The van der Waals surface area contributed by atoms with Crippen molar-refractivity contribution in [1.29, 1.82) is 0 Å². The highest BCUT2D eigenvalue weighted by molar-refractivity contribution is 6.26. The summed E-state index contributed by atoms with van der Waals surface area (Å²) in [6.45, 7) is 0. The molecule has 296 valence electrons. The molecule has 3 aromatic heterocycles. The van der Waals surface area contributed by atoms with Crippen LogP contribution in [0.1, 0.15) is 22.3 Å². The summed E-state index contributed by atoms with van der Waals surface area (Å²) in [5.41, 5.74) is 21.1. The molecule has 3 heterocycles. The molecule has 1 unspecified atom stereocenters. The van der Waals surface area contributed by atoms with Crippen LogP contribution in [0.25, 0.3) is 110 Å². The van der Waals surface area contributed by atoms with Gasteiger partial charge in [0, 0.05) is 49.4 Å². The van der Waals surface area contributed by atoms with Crippen molar-refractivity contribution < 1.29 is 4.42 Å². The van der Waals surface area contributed by atoms with Gasteiger partial charge in [0.1, 0.15) is 11.2 Å². The first kappa shape index (κ1) is 34.2. The lowest BCUT2D eigenvalue weighted by molar-refractivity contribution is 0.673. The molecule has 0 radical (unpaired) electrons. The fourth-order valence-corrected chi connectivity index (χ4v) is 12.1. The molecule has 13 aromatic rings. The van der Waals surface area contributed by atoms with E-state index in [-0.39, 0.29) is 0 Å². The molecule has 1 atom stereocenters. The van der Waals surface area contributed by atoms with Gasteiger partial charge in [-0.15, -0.1) is 0 Å². The molecule has 0 N–H and O–H groups in total. The molecule has 2 aliphatic carbocycles. The number of furan rings is 1. The minimum absolute atomic E-state index is 0.617. The Hall–Kier alpha value is -8.40. The lowest BCUT2D eigenvalue weighted by atomic mass is 9.70. The number of fused-ring (bicyclic) bond motifs is 22. The number of para-hydroxylation sites is 3. The van der Waals surface area contributed by atoms with E-state index in [1.54, 1.807) is 0 Å². The van der Waals surface area contributed by atoms with Gasteiger partial charge in [0.25, 0.3) is 0 Å². The summed E-state index contributed by atoms with van der Waals surface area (Å²) >= 11 is 0. The van der Waals surface area contributed by atoms with Crippen molar-refractivity contribution in [1.82, 2.24) is 9.13 Å². The zero-order chi connectivity index (χ0) is 41.7. The maximum atomic E-state index is 6.85. The Labute approximate surface area is 368 Å². The molecule has 0 amide bonds.